The van der Waals surface area contributed by atoms with Crippen molar-refractivity contribution in [1.29, 1.82) is 0 Å². The van der Waals surface area contributed by atoms with Crippen molar-refractivity contribution in [3.63, 3.8) is 0 Å². The van der Waals surface area contributed by atoms with Crippen LogP contribution in [-0.2, 0) is 32.1 Å². The Morgan fingerprint density at radius 3 is 1.02 bits per heavy atom. The molecule has 12 aromatic heterocycles. The first kappa shape index (κ1) is 75.6. The molecule has 0 saturated heterocycles. The zero-order valence-electron chi connectivity index (χ0n) is 57.2. The maximum Gasteiger partial charge on any atom is 0.187 e. The van der Waals surface area contributed by atoms with E-state index < -0.39 is 0 Å². The Bertz CT molecular complexity index is 5100. The van der Waals surface area contributed by atoms with E-state index >= 15 is 0 Å². The lowest BCUT2D eigenvalue weighted by atomic mass is 10.1. The molecule has 0 aliphatic heterocycles. The molecule has 0 fully saturated rings. The van der Waals surface area contributed by atoms with Crippen LogP contribution in [0.25, 0.3) is 0 Å². The fourth-order valence-electron chi connectivity index (χ4n) is 9.63. The zero-order valence-corrected chi connectivity index (χ0v) is 60.2. The molecular formula is C79H66Cl4N12O8. The Morgan fingerprint density at radius 2 is 0.689 bits per heavy atom. The molecule has 12 aromatic rings. The van der Waals surface area contributed by atoms with E-state index in [1.807, 2.05) is 97.0 Å². The average Bonchev–Trinajstić information content (AvgIpc) is 0.860. The van der Waals surface area contributed by atoms with Crippen LogP contribution >= 0.6 is 46.4 Å². The van der Waals surface area contributed by atoms with E-state index in [-0.39, 0.29) is 48.8 Å². The standard InChI is InChI=1S/C20H18ClN3O2.C20H14ClN3O2.C20H18ClN3O2.C19H16ClN3O2/c1-12-4-5-16(24-14(12)3)8-20(25)19-9-17(6-13(2)23-19)26-18-7-15(21)10-22-11-18;1-3-14-4-5-16(23-10-14)8-20(25)19-9-17(6-13(2)24-19)26-18-7-15(21)11-22-12-18;1-3-15-5-4-6-16(24-15)9-20(25)19-10-17(7-13(2)23-19)26-18-8-14(21)11-22-12-18;1-12-4-3-5-15(22-12)8-19(24)18-9-16(6-13(2)23-18)25-17-7-14(20)10-21-11-17/h4-7,9-11H,8H2,1-3H3;1,4-7,9-12H,8H2,2H3;4-8,10-12H,3,9H2,1-2H3;3-7,9-11H,8H2,1-2H3. The minimum absolute atomic E-state index is 0.108. The summed E-state index contributed by atoms with van der Waals surface area (Å²) in [7, 11) is 0. The van der Waals surface area contributed by atoms with Crippen molar-refractivity contribution in [3.05, 3.63) is 306 Å². The SMILES string of the molecule is C#Cc1ccc(CC(=O)c2cc(Oc3cncc(Cl)c3)cc(C)n2)nc1.CCc1cccc(CC(=O)c2cc(Oc3cncc(Cl)c3)cc(C)n2)n1.Cc1cc(Oc2cncc(Cl)c2)cc(C(=O)Cc2ccc(C)c(C)n2)n1.Cc1cccc(CC(=O)c2cc(Oc3cncc(Cl)c3)cc(C)n2)n1. The quantitative estimate of drug-likeness (QED) is 0.0478. The van der Waals surface area contributed by atoms with Gasteiger partial charge in [0.1, 0.15) is 68.8 Å². The van der Waals surface area contributed by atoms with E-state index in [9.17, 15) is 19.2 Å². The lowest BCUT2D eigenvalue weighted by Gasteiger charge is -2.09. The lowest BCUT2D eigenvalue weighted by molar-refractivity contribution is 0.0978. The van der Waals surface area contributed by atoms with Gasteiger partial charge in [0.25, 0.3) is 0 Å². The van der Waals surface area contributed by atoms with Crippen molar-refractivity contribution in [2.75, 3.05) is 0 Å². The topological polar surface area (TPSA) is 260 Å². The van der Waals surface area contributed by atoms with Gasteiger partial charge in [-0.1, -0.05) is 77.4 Å². The minimum atomic E-state index is -0.163. The molecule has 12 rings (SSSR count). The van der Waals surface area contributed by atoms with Crippen LogP contribution in [0.3, 0.4) is 0 Å². The first-order chi connectivity index (χ1) is 49.5. The summed E-state index contributed by atoms with van der Waals surface area (Å²) in [5.74, 6) is 5.99. The predicted octanol–water partition coefficient (Wildman–Crippen LogP) is 17.7. The summed E-state index contributed by atoms with van der Waals surface area (Å²) >= 11 is 23.7. The number of pyridine rings is 12. The summed E-state index contributed by atoms with van der Waals surface area (Å²) in [5.41, 5.74) is 11.4. The minimum Gasteiger partial charge on any atom is -0.456 e. The van der Waals surface area contributed by atoms with Crippen molar-refractivity contribution in [2.45, 2.75) is 87.5 Å². The van der Waals surface area contributed by atoms with Gasteiger partial charge in [0, 0.05) is 172 Å². The average molecular weight is 1450 g/mol. The third kappa shape index (κ3) is 24.0. The lowest BCUT2D eigenvalue weighted by Crippen LogP contribution is -2.09. The molecule has 0 aromatic carbocycles. The van der Waals surface area contributed by atoms with Crippen molar-refractivity contribution < 1.29 is 38.1 Å². The first-order valence-electron chi connectivity index (χ1n) is 31.9. The van der Waals surface area contributed by atoms with Gasteiger partial charge in [-0.2, -0.15) is 0 Å². The highest BCUT2D eigenvalue weighted by molar-refractivity contribution is 6.31. The second-order valence-electron chi connectivity index (χ2n) is 23.1. The number of terminal acetylenes is 1. The van der Waals surface area contributed by atoms with Crippen molar-refractivity contribution in [1.82, 2.24) is 59.8 Å². The summed E-state index contributed by atoms with van der Waals surface area (Å²) in [5, 5.41) is 1.90. The Kier molecular flexibility index (Phi) is 26.9. The Hall–Kier alpha value is -11.6. The number of nitrogens with zero attached hydrogens (tertiary/aromatic N) is 12. The van der Waals surface area contributed by atoms with Crippen molar-refractivity contribution >= 4 is 69.5 Å². The fourth-order valence-corrected chi connectivity index (χ4v) is 10.3. The van der Waals surface area contributed by atoms with E-state index in [1.54, 1.807) is 123 Å². The van der Waals surface area contributed by atoms with Gasteiger partial charge in [-0.3, -0.25) is 59.0 Å². The number of aryl methyl sites for hydroxylation is 8. The fraction of sp³-hybridized carbons (Fsp3) is 0.165. The van der Waals surface area contributed by atoms with Gasteiger partial charge in [0.15, 0.2) is 23.1 Å². The number of hydrogen-bond acceptors (Lipinski definition) is 20. The number of ketones is 4. The number of carbonyl (C=O) groups excluding carboxylic acids is 4. The molecule has 0 N–H and O–H groups in total. The number of carbonyl (C=O) groups is 4. The molecule has 0 radical (unpaired) electrons. The highest BCUT2D eigenvalue weighted by atomic mass is 35.5. The molecular weight excluding hydrogens is 1390 g/mol. The summed E-state index contributed by atoms with van der Waals surface area (Å²) in [6, 6.07) is 38.7. The molecule has 0 unspecified atom stereocenters. The van der Waals surface area contributed by atoms with Gasteiger partial charge < -0.3 is 18.9 Å². The van der Waals surface area contributed by atoms with Crippen LogP contribution < -0.4 is 18.9 Å². The van der Waals surface area contributed by atoms with Gasteiger partial charge in [-0.25, -0.2) is 19.9 Å². The molecule has 20 nitrogen and oxygen atoms in total. The Balaban J connectivity index is 0.000000160. The van der Waals surface area contributed by atoms with Gasteiger partial charge in [0.2, 0.25) is 0 Å². The maximum absolute atomic E-state index is 12.6. The van der Waals surface area contributed by atoms with Gasteiger partial charge in [-0.05, 0) is 103 Å². The van der Waals surface area contributed by atoms with Crippen molar-refractivity contribution in [3.8, 4) is 58.3 Å². The van der Waals surface area contributed by atoms with Crippen LogP contribution in [0.5, 0.6) is 46.0 Å². The number of rotatable bonds is 21. The third-order valence-corrected chi connectivity index (χ3v) is 15.3. The Labute approximate surface area is 615 Å². The predicted molar refractivity (Wildman–Crippen MR) is 394 cm³/mol. The molecule has 103 heavy (non-hydrogen) atoms. The molecule has 0 spiro atoms. The normalized spacial score (nSPS) is 10.5. The molecule has 0 bridgehead atoms. The van der Waals surface area contributed by atoms with Gasteiger partial charge in [-0.15, -0.1) is 6.42 Å². The molecule has 0 amide bonds. The summed E-state index contributed by atoms with van der Waals surface area (Å²) < 4.78 is 23.0. The van der Waals surface area contributed by atoms with E-state index in [2.05, 4.69) is 65.7 Å². The van der Waals surface area contributed by atoms with Crippen LogP contribution in [0, 0.1) is 60.8 Å². The van der Waals surface area contributed by atoms with E-state index in [1.165, 1.54) is 24.8 Å². The smallest absolute Gasteiger partial charge is 0.187 e. The summed E-state index contributed by atoms with van der Waals surface area (Å²) in [4.78, 5) is 101. The molecule has 24 heteroatoms. The number of hydrogen-bond donors (Lipinski definition) is 0. The molecule has 12 heterocycles. The maximum atomic E-state index is 12.6. The van der Waals surface area contributed by atoms with Crippen molar-refractivity contribution in [2.24, 2.45) is 0 Å². The first-order valence-corrected chi connectivity index (χ1v) is 33.4. The molecule has 0 saturated carbocycles. The third-order valence-electron chi connectivity index (χ3n) is 14.5. The molecule has 518 valence electrons. The van der Waals surface area contributed by atoms with Gasteiger partial charge >= 0.3 is 0 Å². The Morgan fingerprint density at radius 1 is 0.350 bits per heavy atom. The number of aromatic nitrogens is 12. The number of halogens is 4. The van der Waals surface area contributed by atoms with E-state index in [4.69, 9.17) is 71.8 Å². The summed E-state index contributed by atoms with van der Waals surface area (Å²) in [6.07, 6.45) is 20.7. The van der Waals surface area contributed by atoms with Crippen LogP contribution in [0.2, 0.25) is 20.1 Å². The van der Waals surface area contributed by atoms with Crippen LogP contribution in [-0.4, -0.2) is 82.9 Å². The molecule has 0 aliphatic carbocycles. The van der Waals surface area contributed by atoms with E-state index in [0.717, 1.165) is 46.1 Å². The highest BCUT2D eigenvalue weighted by Gasteiger charge is 2.18. The largest absolute Gasteiger partial charge is 0.456 e. The van der Waals surface area contributed by atoms with E-state index in [0.29, 0.717) is 123 Å². The molecule has 0 aliphatic rings. The highest BCUT2D eigenvalue weighted by Crippen LogP contribution is 2.30. The monoisotopic (exact) mass is 1450 g/mol. The second kappa shape index (κ2) is 36.7. The van der Waals surface area contributed by atoms with Crippen LogP contribution in [0.4, 0.5) is 0 Å². The number of Topliss-reactive ketones (excluding diaryl/α,β-unsaturated/α-hetero) is 4. The summed E-state index contributed by atoms with van der Waals surface area (Å²) in [6.45, 7) is 15.1. The van der Waals surface area contributed by atoms with Crippen LogP contribution in [0.1, 0.15) is 123 Å². The van der Waals surface area contributed by atoms with Gasteiger partial charge in [0.05, 0.1) is 70.6 Å². The second-order valence-corrected chi connectivity index (χ2v) is 24.9. The molecule has 0 atom stereocenters. The number of ether oxygens (including phenoxy) is 4. The van der Waals surface area contributed by atoms with Crippen LogP contribution in [0.15, 0.2) is 189 Å². The zero-order chi connectivity index (χ0) is 73.5.